The van der Waals surface area contributed by atoms with Crippen LogP contribution in [0.5, 0.6) is 0 Å². The molecule has 17 heavy (non-hydrogen) atoms. The maximum Gasteiger partial charge on any atom is 0.109 e. The minimum atomic E-state index is -0.688. The Hall–Kier alpha value is -1.33. The Balaban J connectivity index is 2.45. The number of nitrogens with zero attached hydrogens (tertiary/aromatic N) is 1. The van der Waals surface area contributed by atoms with Gasteiger partial charge in [0.05, 0.1) is 12.2 Å². The molecule has 0 radical (unpaired) electrons. The van der Waals surface area contributed by atoms with Crippen molar-refractivity contribution in [1.29, 1.82) is 5.26 Å². The summed E-state index contributed by atoms with van der Waals surface area (Å²) in [4.78, 5) is 0. The Morgan fingerprint density at radius 2 is 2.18 bits per heavy atom. The molecule has 0 saturated carbocycles. The average Bonchev–Trinajstić information content (AvgIpc) is 2.77. The van der Waals surface area contributed by atoms with Crippen LogP contribution in [0.3, 0.4) is 0 Å². The van der Waals surface area contributed by atoms with Crippen molar-refractivity contribution >= 4 is 0 Å². The number of benzene rings is 1. The number of rotatable bonds is 3. The predicted octanol–water partition coefficient (Wildman–Crippen LogP) is 2.80. The highest BCUT2D eigenvalue weighted by Gasteiger charge is 2.46. The van der Waals surface area contributed by atoms with Gasteiger partial charge in [0.25, 0.3) is 0 Å². The van der Waals surface area contributed by atoms with Gasteiger partial charge >= 0.3 is 0 Å². The summed E-state index contributed by atoms with van der Waals surface area (Å²) in [5, 5.41) is 20.1. The van der Waals surface area contributed by atoms with Gasteiger partial charge in [-0.3, -0.25) is 0 Å². The molecule has 90 valence electrons. The van der Waals surface area contributed by atoms with Crippen LogP contribution >= 0.6 is 0 Å². The lowest BCUT2D eigenvalue weighted by atomic mass is 9.73. The first-order valence-corrected chi connectivity index (χ1v) is 6.33. The van der Waals surface area contributed by atoms with Crippen molar-refractivity contribution in [3.8, 4) is 6.07 Å². The Morgan fingerprint density at radius 1 is 1.47 bits per heavy atom. The molecule has 0 bridgehead atoms. The van der Waals surface area contributed by atoms with Crippen molar-refractivity contribution < 1.29 is 5.11 Å². The molecular weight excluding hydrogens is 210 g/mol. The third kappa shape index (κ3) is 1.75. The van der Waals surface area contributed by atoms with E-state index in [4.69, 9.17) is 0 Å². The zero-order valence-electron chi connectivity index (χ0n) is 10.5. The predicted molar refractivity (Wildman–Crippen MR) is 67.5 cm³/mol. The Bertz CT molecular complexity index is 448. The number of hydrogen-bond donors (Lipinski definition) is 1. The molecular formula is C15H19NO. The largest absolute Gasteiger partial charge is 0.391 e. The summed E-state index contributed by atoms with van der Waals surface area (Å²) in [7, 11) is 0. The van der Waals surface area contributed by atoms with Gasteiger partial charge in [-0.15, -0.1) is 0 Å². The minimum Gasteiger partial charge on any atom is -0.391 e. The number of aliphatic hydroxyl groups excluding tert-OH is 1. The van der Waals surface area contributed by atoms with Crippen molar-refractivity contribution in [2.45, 2.75) is 44.6 Å². The summed E-state index contributed by atoms with van der Waals surface area (Å²) in [5.74, 6) is 0.154. The molecule has 1 aromatic rings. The zero-order valence-corrected chi connectivity index (χ0v) is 10.5. The molecule has 0 fully saturated rings. The normalized spacial score (nSPS) is 26.0. The zero-order chi connectivity index (χ0) is 12.5. The fourth-order valence-corrected chi connectivity index (χ4v) is 2.84. The van der Waals surface area contributed by atoms with Crippen LogP contribution in [0.2, 0.25) is 0 Å². The standard InChI is InChI=1S/C15H19NO/c1-3-11(2)14(17)15(10-16)9-8-12-6-4-5-7-13(12)15/h4-7,11,14,17H,3,8-9H2,1-2H3. The van der Waals surface area contributed by atoms with Gasteiger partial charge in [-0.1, -0.05) is 44.5 Å². The molecule has 0 amide bonds. The minimum absolute atomic E-state index is 0.154. The van der Waals surface area contributed by atoms with Crippen molar-refractivity contribution in [3.05, 3.63) is 35.4 Å². The molecule has 0 saturated heterocycles. The SMILES string of the molecule is CCC(C)C(O)C1(C#N)CCc2ccccc21. The third-order valence-corrected chi connectivity index (χ3v) is 4.17. The summed E-state index contributed by atoms with van der Waals surface area (Å²) >= 11 is 0. The average molecular weight is 229 g/mol. The van der Waals surface area contributed by atoms with E-state index in [9.17, 15) is 10.4 Å². The van der Waals surface area contributed by atoms with E-state index in [0.717, 1.165) is 24.8 Å². The number of nitriles is 1. The highest BCUT2D eigenvalue weighted by atomic mass is 16.3. The maximum atomic E-state index is 10.5. The second-order valence-electron chi connectivity index (χ2n) is 5.07. The van der Waals surface area contributed by atoms with Crippen LogP contribution in [-0.2, 0) is 11.8 Å². The van der Waals surface area contributed by atoms with E-state index < -0.39 is 11.5 Å². The van der Waals surface area contributed by atoms with E-state index >= 15 is 0 Å². The monoisotopic (exact) mass is 229 g/mol. The van der Waals surface area contributed by atoms with E-state index in [0.29, 0.717) is 0 Å². The van der Waals surface area contributed by atoms with E-state index in [1.165, 1.54) is 5.56 Å². The van der Waals surface area contributed by atoms with Gasteiger partial charge in [0, 0.05) is 0 Å². The summed E-state index contributed by atoms with van der Waals surface area (Å²) in [5.41, 5.74) is 1.57. The first kappa shape index (κ1) is 12.1. The molecule has 2 heteroatoms. The van der Waals surface area contributed by atoms with Crippen LogP contribution in [0.1, 0.15) is 37.8 Å². The highest BCUT2D eigenvalue weighted by Crippen LogP contribution is 2.43. The second kappa shape index (κ2) is 4.50. The molecule has 2 nitrogen and oxygen atoms in total. The third-order valence-electron chi connectivity index (χ3n) is 4.17. The van der Waals surface area contributed by atoms with Crippen LogP contribution in [0.15, 0.2) is 24.3 Å². The first-order chi connectivity index (χ1) is 8.15. The molecule has 1 aliphatic carbocycles. The van der Waals surface area contributed by atoms with Gasteiger partial charge in [-0.2, -0.15) is 5.26 Å². The van der Waals surface area contributed by atoms with E-state index in [1.807, 2.05) is 25.1 Å². The van der Waals surface area contributed by atoms with Gasteiger partial charge in [-0.05, 0) is 29.9 Å². The van der Waals surface area contributed by atoms with Gasteiger partial charge in [-0.25, -0.2) is 0 Å². The fraction of sp³-hybridized carbons (Fsp3) is 0.533. The van der Waals surface area contributed by atoms with Crippen molar-refractivity contribution in [2.75, 3.05) is 0 Å². The Labute approximate surface area is 103 Å². The quantitative estimate of drug-likeness (QED) is 0.866. The Morgan fingerprint density at radius 3 is 2.82 bits per heavy atom. The molecule has 3 unspecified atom stereocenters. The lowest BCUT2D eigenvalue weighted by molar-refractivity contribution is 0.0577. The molecule has 0 heterocycles. The number of hydrogen-bond acceptors (Lipinski definition) is 2. The van der Waals surface area contributed by atoms with E-state index in [2.05, 4.69) is 19.1 Å². The molecule has 1 aliphatic rings. The molecule has 0 aliphatic heterocycles. The first-order valence-electron chi connectivity index (χ1n) is 6.33. The van der Waals surface area contributed by atoms with Crippen molar-refractivity contribution in [2.24, 2.45) is 5.92 Å². The molecule has 1 aromatic carbocycles. The summed E-state index contributed by atoms with van der Waals surface area (Å²) in [6.07, 6.45) is 1.97. The Kier molecular flexibility index (Phi) is 3.22. The summed E-state index contributed by atoms with van der Waals surface area (Å²) < 4.78 is 0. The highest BCUT2D eigenvalue weighted by molar-refractivity contribution is 5.45. The second-order valence-corrected chi connectivity index (χ2v) is 5.07. The van der Waals surface area contributed by atoms with Crippen molar-refractivity contribution in [3.63, 3.8) is 0 Å². The van der Waals surface area contributed by atoms with Gasteiger partial charge in [0.2, 0.25) is 0 Å². The molecule has 1 N–H and O–H groups in total. The van der Waals surface area contributed by atoms with Crippen molar-refractivity contribution in [1.82, 2.24) is 0 Å². The number of aliphatic hydroxyl groups is 1. The topological polar surface area (TPSA) is 44.0 Å². The summed E-state index contributed by atoms with van der Waals surface area (Å²) in [6, 6.07) is 10.4. The molecule has 2 rings (SSSR count). The van der Waals surface area contributed by atoms with Crippen LogP contribution in [0, 0.1) is 17.2 Å². The lowest BCUT2D eigenvalue weighted by Gasteiger charge is -2.32. The van der Waals surface area contributed by atoms with Crippen LogP contribution in [-0.4, -0.2) is 11.2 Å². The smallest absolute Gasteiger partial charge is 0.109 e. The molecule has 0 aromatic heterocycles. The lowest BCUT2D eigenvalue weighted by Crippen LogP contribution is -2.40. The van der Waals surface area contributed by atoms with Gasteiger partial charge in [0.1, 0.15) is 5.41 Å². The van der Waals surface area contributed by atoms with Crippen LogP contribution in [0.4, 0.5) is 0 Å². The fourth-order valence-electron chi connectivity index (χ4n) is 2.84. The van der Waals surface area contributed by atoms with E-state index in [-0.39, 0.29) is 5.92 Å². The number of aryl methyl sites for hydroxylation is 1. The van der Waals surface area contributed by atoms with Gasteiger partial charge in [0.15, 0.2) is 0 Å². The van der Waals surface area contributed by atoms with Crippen LogP contribution in [0.25, 0.3) is 0 Å². The van der Waals surface area contributed by atoms with E-state index in [1.54, 1.807) is 0 Å². The molecule has 0 spiro atoms. The maximum absolute atomic E-state index is 10.5. The van der Waals surface area contributed by atoms with Crippen LogP contribution < -0.4 is 0 Å². The number of fused-ring (bicyclic) bond motifs is 1. The summed E-state index contributed by atoms with van der Waals surface area (Å²) in [6.45, 7) is 4.07. The van der Waals surface area contributed by atoms with Gasteiger partial charge < -0.3 is 5.11 Å². The molecule has 3 atom stereocenters.